The molecular formula is C19H29F3N4O2. The van der Waals surface area contributed by atoms with Crippen molar-refractivity contribution < 1.29 is 22.6 Å². The maximum atomic E-state index is 13.3. The summed E-state index contributed by atoms with van der Waals surface area (Å²) in [7, 11) is 1.34. The van der Waals surface area contributed by atoms with E-state index in [1.54, 1.807) is 0 Å². The van der Waals surface area contributed by atoms with Crippen LogP contribution in [0.3, 0.4) is 0 Å². The minimum atomic E-state index is -4.46. The molecule has 1 fully saturated rings. The molecular weight excluding hydrogens is 373 g/mol. The van der Waals surface area contributed by atoms with Gasteiger partial charge in [-0.2, -0.15) is 13.2 Å². The van der Waals surface area contributed by atoms with E-state index in [1.807, 2.05) is 6.92 Å². The minimum absolute atomic E-state index is 0.0718. The van der Waals surface area contributed by atoms with Gasteiger partial charge in [0, 0.05) is 26.2 Å². The Hall–Kier alpha value is -2.00. The van der Waals surface area contributed by atoms with Crippen molar-refractivity contribution in [2.75, 3.05) is 53.0 Å². The summed E-state index contributed by atoms with van der Waals surface area (Å²) in [5.41, 5.74) is -0.613. The number of nitrogens with one attached hydrogen (secondary N) is 2. The quantitative estimate of drug-likeness (QED) is 0.398. The van der Waals surface area contributed by atoms with Crippen LogP contribution in [0.5, 0.6) is 5.75 Å². The highest BCUT2D eigenvalue weighted by atomic mass is 19.4. The lowest BCUT2D eigenvalue weighted by Gasteiger charge is -2.26. The van der Waals surface area contributed by atoms with E-state index in [-0.39, 0.29) is 17.9 Å². The number of alkyl halides is 3. The van der Waals surface area contributed by atoms with Gasteiger partial charge in [0.2, 0.25) is 0 Å². The first-order valence-electron chi connectivity index (χ1n) is 9.50. The summed E-state index contributed by atoms with van der Waals surface area (Å²) in [6.07, 6.45) is -3.54. The molecule has 1 aliphatic heterocycles. The van der Waals surface area contributed by atoms with Gasteiger partial charge in [-0.25, -0.2) is 4.99 Å². The van der Waals surface area contributed by atoms with Gasteiger partial charge in [-0.3, -0.25) is 4.90 Å². The lowest BCUT2D eigenvalue weighted by atomic mass is 10.1. The van der Waals surface area contributed by atoms with Gasteiger partial charge in [-0.1, -0.05) is 6.07 Å². The largest absolute Gasteiger partial charge is 0.497 e. The fourth-order valence-electron chi connectivity index (χ4n) is 2.92. The van der Waals surface area contributed by atoms with Gasteiger partial charge in [0.15, 0.2) is 5.96 Å². The molecule has 1 heterocycles. The van der Waals surface area contributed by atoms with Crippen molar-refractivity contribution in [3.8, 4) is 5.75 Å². The first-order chi connectivity index (χ1) is 13.4. The van der Waals surface area contributed by atoms with Crippen molar-refractivity contribution in [1.82, 2.24) is 15.5 Å². The van der Waals surface area contributed by atoms with Crippen LogP contribution in [0.4, 0.5) is 13.2 Å². The Balaban J connectivity index is 1.94. The average Bonchev–Trinajstić information content (AvgIpc) is 2.69. The third-order valence-corrected chi connectivity index (χ3v) is 4.42. The lowest BCUT2D eigenvalue weighted by molar-refractivity contribution is -0.138. The molecule has 0 bridgehead atoms. The van der Waals surface area contributed by atoms with Gasteiger partial charge in [0.05, 0.1) is 32.4 Å². The van der Waals surface area contributed by atoms with Crippen LogP contribution < -0.4 is 15.4 Å². The second-order valence-electron chi connectivity index (χ2n) is 6.45. The molecule has 0 amide bonds. The van der Waals surface area contributed by atoms with Crippen LogP contribution >= 0.6 is 0 Å². The Kier molecular flexibility index (Phi) is 8.85. The molecule has 1 aromatic carbocycles. The Morgan fingerprint density at radius 2 is 2.00 bits per heavy atom. The molecule has 0 spiro atoms. The Bertz CT molecular complexity index is 632. The van der Waals surface area contributed by atoms with Crippen LogP contribution in [-0.4, -0.2) is 63.9 Å². The van der Waals surface area contributed by atoms with E-state index in [0.717, 1.165) is 45.3 Å². The number of benzene rings is 1. The van der Waals surface area contributed by atoms with Gasteiger partial charge < -0.3 is 20.1 Å². The summed E-state index contributed by atoms with van der Waals surface area (Å²) in [6.45, 7) is 7.52. The molecule has 158 valence electrons. The van der Waals surface area contributed by atoms with E-state index in [0.29, 0.717) is 19.0 Å². The molecule has 0 saturated carbocycles. The smallest absolute Gasteiger partial charge is 0.416 e. The zero-order chi connectivity index (χ0) is 20.4. The third-order valence-electron chi connectivity index (χ3n) is 4.42. The number of hydrogen-bond donors (Lipinski definition) is 2. The molecule has 1 saturated heterocycles. The molecule has 0 aliphatic carbocycles. The van der Waals surface area contributed by atoms with Gasteiger partial charge in [-0.15, -0.1) is 0 Å². The minimum Gasteiger partial charge on any atom is -0.497 e. The molecule has 1 aromatic rings. The van der Waals surface area contributed by atoms with Crippen LogP contribution in [0.1, 0.15) is 24.5 Å². The van der Waals surface area contributed by atoms with E-state index in [9.17, 15) is 13.2 Å². The Morgan fingerprint density at radius 1 is 1.25 bits per heavy atom. The molecule has 2 N–H and O–H groups in total. The maximum absolute atomic E-state index is 13.3. The molecule has 2 rings (SSSR count). The van der Waals surface area contributed by atoms with Gasteiger partial charge in [-0.05, 0) is 37.6 Å². The number of morpholine rings is 1. The zero-order valence-electron chi connectivity index (χ0n) is 16.4. The van der Waals surface area contributed by atoms with Gasteiger partial charge in [0.1, 0.15) is 5.75 Å². The molecule has 1 aliphatic rings. The van der Waals surface area contributed by atoms with Crippen molar-refractivity contribution in [2.24, 2.45) is 4.99 Å². The van der Waals surface area contributed by atoms with Crippen LogP contribution in [0, 0.1) is 0 Å². The second-order valence-corrected chi connectivity index (χ2v) is 6.45. The molecule has 9 heteroatoms. The van der Waals surface area contributed by atoms with Crippen molar-refractivity contribution in [1.29, 1.82) is 0 Å². The number of guanidine groups is 1. The average molecular weight is 402 g/mol. The topological polar surface area (TPSA) is 58.1 Å². The highest BCUT2D eigenvalue weighted by Gasteiger charge is 2.33. The van der Waals surface area contributed by atoms with Crippen LogP contribution in [0.2, 0.25) is 0 Å². The van der Waals surface area contributed by atoms with Crippen molar-refractivity contribution in [3.63, 3.8) is 0 Å². The number of hydrogen-bond acceptors (Lipinski definition) is 4. The normalized spacial score (nSPS) is 16.1. The van der Waals surface area contributed by atoms with E-state index in [2.05, 4.69) is 20.5 Å². The number of halogens is 3. The predicted octanol–water partition coefficient (Wildman–Crippen LogP) is 2.49. The number of ether oxygens (including phenoxy) is 2. The van der Waals surface area contributed by atoms with Crippen LogP contribution in [0.25, 0.3) is 0 Å². The summed E-state index contributed by atoms with van der Waals surface area (Å²) in [5, 5.41) is 6.26. The summed E-state index contributed by atoms with van der Waals surface area (Å²) in [5.74, 6) is 0.682. The summed E-state index contributed by atoms with van der Waals surface area (Å²) < 4.78 is 50.2. The van der Waals surface area contributed by atoms with E-state index in [1.165, 1.54) is 19.2 Å². The highest BCUT2D eigenvalue weighted by molar-refractivity contribution is 5.79. The fraction of sp³-hybridized carbons (Fsp3) is 0.632. The Labute approximate surface area is 164 Å². The second kappa shape index (κ2) is 11.1. The molecule has 0 aromatic heterocycles. The number of nitrogens with zero attached hydrogens (tertiary/aromatic N) is 2. The highest BCUT2D eigenvalue weighted by Crippen LogP contribution is 2.34. The fourth-order valence-corrected chi connectivity index (χ4v) is 2.92. The third kappa shape index (κ3) is 7.20. The van der Waals surface area contributed by atoms with Gasteiger partial charge >= 0.3 is 6.18 Å². The Morgan fingerprint density at radius 3 is 2.64 bits per heavy atom. The number of methoxy groups -OCH3 is 1. The molecule has 0 radical (unpaired) electrons. The van der Waals surface area contributed by atoms with Gasteiger partial charge in [0.25, 0.3) is 0 Å². The molecule has 0 atom stereocenters. The number of aliphatic imine (C=N–C) groups is 1. The summed E-state index contributed by atoms with van der Waals surface area (Å²) >= 11 is 0. The summed E-state index contributed by atoms with van der Waals surface area (Å²) in [4.78, 5) is 6.65. The van der Waals surface area contributed by atoms with Crippen LogP contribution in [-0.2, 0) is 17.5 Å². The zero-order valence-corrected chi connectivity index (χ0v) is 16.4. The van der Waals surface area contributed by atoms with E-state index in [4.69, 9.17) is 9.47 Å². The van der Waals surface area contributed by atoms with Crippen molar-refractivity contribution in [2.45, 2.75) is 26.1 Å². The molecule has 28 heavy (non-hydrogen) atoms. The van der Waals surface area contributed by atoms with Crippen LogP contribution in [0.15, 0.2) is 23.2 Å². The van der Waals surface area contributed by atoms with Crippen molar-refractivity contribution in [3.05, 3.63) is 29.3 Å². The monoisotopic (exact) mass is 402 g/mol. The molecule has 6 nitrogen and oxygen atoms in total. The standard InChI is InChI=1S/C19H29F3N4O2/c1-3-23-18(24-7-4-8-26-9-11-28-12-10-26)25-14-15-5-6-16(27-2)13-17(15)19(20,21)22/h5-6,13H,3-4,7-12,14H2,1-2H3,(H2,23,24,25). The summed E-state index contributed by atoms with van der Waals surface area (Å²) in [6, 6.07) is 3.93. The number of rotatable bonds is 8. The lowest BCUT2D eigenvalue weighted by Crippen LogP contribution is -2.40. The SMILES string of the molecule is CCNC(=NCc1ccc(OC)cc1C(F)(F)F)NCCCN1CCOCC1. The first-order valence-corrected chi connectivity index (χ1v) is 9.50. The van der Waals surface area contributed by atoms with Crippen molar-refractivity contribution >= 4 is 5.96 Å². The first kappa shape index (κ1) is 22.3. The van der Waals surface area contributed by atoms with E-state index < -0.39 is 11.7 Å². The maximum Gasteiger partial charge on any atom is 0.416 e. The molecule has 0 unspecified atom stereocenters. The predicted molar refractivity (Wildman–Crippen MR) is 103 cm³/mol. The van der Waals surface area contributed by atoms with E-state index >= 15 is 0 Å².